The lowest BCUT2D eigenvalue weighted by Crippen LogP contribution is -2.15. The van der Waals surface area contributed by atoms with E-state index in [0.29, 0.717) is 12.0 Å². The molecular formula is C13H21N. The van der Waals surface area contributed by atoms with E-state index in [0.717, 1.165) is 6.42 Å². The molecule has 1 nitrogen and oxygen atoms in total. The maximum absolute atomic E-state index is 3.33. The molecule has 1 atom stereocenters. The van der Waals surface area contributed by atoms with Crippen LogP contribution >= 0.6 is 0 Å². The Bertz CT molecular complexity index is 274. The van der Waals surface area contributed by atoms with E-state index in [9.17, 15) is 0 Å². The lowest BCUT2D eigenvalue weighted by Gasteiger charge is -2.16. The Morgan fingerprint density at radius 2 is 1.86 bits per heavy atom. The number of hydrogen-bond donors (Lipinski definition) is 1. The summed E-state index contributed by atoms with van der Waals surface area (Å²) in [7, 11) is 2.02. The van der Waals surface area contributed by atoms with Crippen LogP contribution in [0.5, 0.6) is 0 Å². The smallest absolute Gasteiger partial charge is 0.0314 e. The van der Waals surface area contributed by atoms with Crippen molar-refractivity contribution in [3.63, 3.8) is 0 Å². The summed E-state index contributed by atoms with van der Waals surface area (Å²) in [6.07, 6.45) is 1.14. The average Bonchev–Trinajstić information content (AvgIpc) is 2.20. The van der Waals surface area contributed by atoms with E-state index in [1.54, 1.807) is 0 Å². The lowest BCUT2D eigenvalue weighted by atomic mass is 9.97. The van der Waals surface area contributed by atoms with Crippen LogP contribution < -0.4 is 5.32 Å². The predicted octanol–water partition coefficient (Wildman–Crippen LogP) is 3.48. The lowest BCUT2D eigenvalue weighted by molar-refractivity contribution is 0.576. The van der Waals surface area contributed by atoms with E-state index < -0.39 is 0 Å². The van der Waals surface area contributed by atoms with Crippen LogP contribution in [0, 0.1) is 0 Å². The van der Waals surface area contributed by atoms with Gasteiger partial charge < -0.3 is 5.32 Å². The molecule has 78 valence electrons. The highest BCUT2D eigenvalue weighted by molar-refractivity contribution is 5.27. The van der Waals surface area contributed by atoms with Gasteiger partial charge in [-0.3, -0.25) is 0 Å². The Labute approximate surface area is 87.5 Å². The van der Waals surface area contributed by atoms with Gasteiger partial charge in [0.1, 0.15) is 0 Å². The van der Waals surface area contributed by atoms with E-state index in [1.165, 1.54) is 11.1 Å². The van der Waals surface area contributed by atoms with Crippen LogP contribution in [-0.2, 0) is 0 Å². The normalized spacial score (nSPS) is 13.2. The Morgan fingerprint density at radius 3 is 2.36 bits per heavy atom. The third-order valence-electron chi connectivity index (χ3n) is 2.74. The molecule has 0 spiro atoms. The van der Waals surface area contributed by atoms with Gasteiger partial charge in [-0.15, -0.1) is 0 Å². The molecule has 0 aromatic heterocycles. The topological polar surface area (TPSA) is 12.0 Å². The summed E-state index contributed by atoms with van der Waals surface area (Å²) in [6.45, 7) is 6.68. The van der Waals surface area contributed by atoms with Crippen molar-refractivity contribution in [2.75, 3.05) is 7.05 Å². The zero-order valence-corrected chi connectivity index (χ0v) is 9.67. The molecule has 1 N–H and O–H groups in total. The van der Waals surface area contributed by atoms with Gasteiger partial charge in [-0.05, 0) is 30.5 Å². The fraction of sp³-hybridized carbons (Fsp3) is 0.538. The van der Waals surface area contributed by atoms with E-state index in [1.807, 2.05) is 7.05 Å². The van der Waals surface area contributed by atoms with Gasteiger partial charge in [-0.25, -0.2) is 0 Å². The van der Waals surface area contributed by atoms with Crippen molar-refractivity contribution in [2.45, 2.75) is 39.2 Å². The monoisotopic (exact) mass is 191 g/mol. The Morgan fingerprint density at radius 1 is 1.21 bits per heavy atom. The van der Waals surface area contributed by atoms with E-state index in [2.05, 4.69) is 50.4 Å². The highest BCUT2D eigenvalue weighted by Crippen LogP contribution is 2.21. The quantitative estimate of drug-likeness (QED) is 0.768. The van der Waals surface area contributed by atoms with Crippen molar-refractivity contribution < 1.29 is 0 Å². The molecule has 0 heterocycles. The molecule has 0 fully saturated rings. The van der Waals surface area contributed by atoms with E-state index in [-0.39, 0.29) is 0 Å². The van der Waals surface area contributed by atoms with Crippen molar-refractivity contribution in [1.29, 1.82) is 0 Å². The molecule has 1 unspecified atom stereocenters. The first-order valence-corrected chi connectivity index (χ1v) is 5.46. The zero-order chi connectivity index (χ0) is 10.6. The van der Waals surface area contributed by atoms with Gasteiger partial charge in [0.15, 0.2) is 0 Å². The maximum Gasteiger partial charge on any atom is 0.0314 e. The zero-order valence-electron chi connectivity index (χ0n) is 9.67. The largest absolute Gasteiger partial charge is 0.313 e. The number of nitrogens with one attached hydrogen (secondary N) is 1. The van der Waals surface area contributed by atoms with Crippen molar-refractivity contribution in [1.82, 2.24) is 5.32 Å². The molecule has 1 aromatic carbocycles. The first kappa shape index (κ1) is 11.3. The first-order chi connectivity index (χ1) is 6.69. The summed E-state index contributed by atoms with van der Waals surface area (Å²) in [6, 6.07) is 9.38. The molecule has 0 aliphatic carbocycles. The van der Waals surface area contributed by atoms with Crippen LogP contribution in [0.1, 0.15) is 50.3 Å². The van der Waals surface area contributed by atoms with Crippen LogP contribution in [0.2, 0.25) is 0 Å². The number of benzene rings is 1. The van der Waals surface area contributed by atoms with Crippen LogP contribution in [0.3, 0.4) is 0 Å². The van der Waals surface area contributed by atoms with E-state index in [4.69, 9.17) is 0 Å². The molecule has 0 amide bonds. The molecule has 14 heavy (non-hydrogen) atoms. The summed E-state index contributed by atoms with van der Waals surface area (Å²) in [4.78, 5) is 0. The van der Waals surface area contributed by atoms with Gasteiger partial charge in [-0.1, -0.05) is 45.0 Å². The van der Waals surface area contributed by atoms with Crippen molar-refractivity contribution in [2.24, 2.45) is 0 Å². The molecule has 0 aliphatic rings. The van der Waals surface area contributed by atoms with Gasteiger partial charge in [0.05, 0.1) is 0 Å². The van der Waals surface area contributed by atoms with Gasteiger partial charge in [0.2, 0.25) is 0 Å². The average molecular weight is 191 g/mol. The van der Waals surface area contributed by atoms with Crippen molar-refractivity contribution >= 4 is 0 Å². The third kappa shape index (κ3) is 2.58. The molecule has 1 aromatic rings. The molecular weight excluding hydrogens is 170 g/mol. The van der Waals surface area contributed by atoms with Gasteiger partial charge in [0.25, 0.3) is 0 Å². The predicted molar refractivity (Wildman–Crippen MR) is 62.6 cm³/mol. The second-order valence-corrected chi connectivity index (χ2v) is 4.07. The van der Waals surface area contributed by atoms with Crippen molar-refractivity contribution in [3.05, 3.63) is 35.4 Å². The van der Waals surface area contributed by atoms with Gasteiger partial charge >= 0.3 is 0 Å². The molecule has 0 aliphatic heterocycles. The first-order valence-electron chi connectivity index (χ1n) is 5.46. The summed E-state index contributed by atoms with van der Waals surface area (Å²) < 4.78 is 0. The maximum atomic E-state index is 3.33. The Kier molecular flexibility index (Phi) is 4.15. The fourth-order valence-electron chi connectivity index (χ4n) is 1.74. The summed E-state index contributed by atoms with van der Waals surface area (Å²) in [5.41, 5.74) is 2.83. The molecule has 1 rings (SSSR count). The van der Waals surface area contributed by atoms with Crippen LogP contribution in [-0.4, -0.2) is 7.05 Å². The standard InChI is InChI=1S/C13H21N/c1-5-13(14-4)12-8-6-7-11(9-12)10(2)3/h6-10,13-14H,5H2,1-4H3. The summed E-state index contributed by atoms with van der Waals surface area (Å²) >= 11 is 0. The molecule has 0 radical (unpaired) electrons. The fourth-order valence-corrected chi connectivity index (χ4v) is 1.74. The second kappa shape index (κ2) is 5.16. The SMILES string of the molecule is CCC(NC)c1cccc(C(C)C)c1. The molecule has 0 saturated carbocycles. The number of hydrogen-bond acceptors (Lipinski definition) is 1. The Hall–Kier alpha value is -0.820. The summed E-state index contributed by atoms with van der Waals surface area (Å²) in [5.74, 6) is 0.615. The van der Waals surface area contributed by atoms with Gasteiger partial charge in [-0.2, -0.15) is 0 Å². The van der Waals surface area contributed by atoms with Crippen LogP contribution in [0.15, 0.2) is 24.3 Å². The minimum Gasteiger partial charge on any atom is -0.313 e. The summed E-state index contributed by atoms with van der Waals surface area (Å²) in [5, 5.41) is 3.33. The van der Waals surface area contributed by atoms with Crippen LogP contribution in [0.4, 0.5) is 0 Å². The minimum atomic E-state index is 0.494. The minimum absolute atomic E-state index is 0.494. The molecule has 0 bridgehead atoms. The van der Waals surface area contributed by atoms with E-state index >= 15 is 0 Å². The number of rotatable bonds is 4. The van der Waals surface area contributed by atoms with Gasteiger partial charge in [0, 0.05) is 6.04 Å². The highest BCUT2D eigenvalue weighted by Gasteiger charge is 2.07. The Balaban J connectivity index is 2.92. The second-order valence-electron chi connectivity index (χ2n) is 4.07. The van der Waals surface area contributed by atoms with Crippen LogP contribution in [0.25, 0.3) is 0 Å². The third-order valence-corrected chi connectivity index (χ3v) is 2.74. The molecule has 1 heteroatoms. The molecule has 0 saturated heterocycles. The van der Waals surface area contributed by atoms with Crippen molar-refractivity contribution in [3.8, 4) is 0 Å². The highest BCUT2D eigenvalue weighted by atomic mass is 14.9.